The molecule has 25 heavy (non-hydrogen) atoms. The van der Waals surface area contributed by atoms with Crippen LogP contribution in [0.2, 0.25) is 0 Å². The van der Waals surface area contributed by atoms with Crippen LogP contribution in [-0.4, -0.2) is 42.9 Å². The van der Waals surface area contributed by atoms with Gasteiger partial charge in [0.25, 0.3) is 5.69 Å². The third kappa shape index (κ3) is 5.32. The predicted octanol–water partition coefficient (Wildman–Crippen LogP) is 2.76. The highest BCUT2D eigenvalue weighted by atomic mass is 16.6. The number of aryl methyl sites for hydroxylation is 1. The molecule has 0 atom stereocenters. The molecule has 1 heterocycles. The summed E-state index contributed by atoms with van der Waals surface area (Å²) in [6, 6.07) is 3.07. The van der Waals surface area contributed by atoms with Gasteiger partial charge in [0.2, 0.25) is 0 Å². The van der Waals surface area contributed by atoms with Gasteiger partial charge in [-0.1, -0.05) is 0 Å². The minimum atomic E-state index is -0.601. The number of nitrogens with zero attached hydrogens (tertiary/aromatic N) is 2. The summed E-state index contributed by atoms with van der Waals surface area (Å²) in [7, 11) is 0. The summed E-state index contributed by atoms with van der Waals surface area (Å²) >= 11 is 0. The van der Waals surface area contributed by atoms with Crippen LogP contribution in [0.5, 0.6) is 0 Å². The van der Waals surface area contributed by atoms with E-state index in [0.717, 1.165) is 11.3 Å². The standard InChI is InChI=1S/C17H25N3O5/c1-12-9-14(20(22)23)10-13(11-18-16(21)25-17(2,3)4)15(12)19-5-7-24-8-6-19/h9-10H,5-8,11H2,1-4H3,(H,18,21). The number of anilines is 1. The van der Waals surface area contributed by atoms with Gasteiger partial charge in [-0.2, -0.15) is 0 Å². The number of nitro benzene ring substituents is 1. The van der Waals surface area contributed by atoms with Crippen molar-refractivity contribution in [3.05, 3.63) is 33.4 Å². The number of carbonyl (C=O) groups excluding carboxylic acids is 1. The number of nitro groups is 1. The van der Waals surface area contributed by atoms with Crippen molar-refractivity contribution in [1.29, 1.82) is 0 Å². The third-order valence-electron chi connectivity index (χ3n) is 3.72. The molecule has 1 saturated heterocycles. The zero-order valence-electron chi connectivity index (χ0n) is 15.1. The van der Waals surface area contributed by atoms with Gasteiger partial charge in [-0.25, -0.2) is 4.79 Å². The van der Waals surface area contributed by atoms with Gasteiger partial charge < -0.3 is 19.7 Å². The molecule has 138 valence electrons. The summed E-state index contributed by atoms with van der Waals surface area (Å²) in [6.07, 6.45) is -0.551. The Balaban J connectivity index is 2.26. The second kappa shape index (κ2) is 7.69. The topological polar surface area (TPSA) is 93.9 Å². The summed E-state index contributed by atoms with van der Waals surface area (Å²) in [5.74, 6) is 0. The number of carbonyl (C=O) groups is 1. The molecule has 1 aromatic carbocycles. The van der Waals surface area contributed by atoms with Crippen molar-refractivity contribution >= 4 is 17.5 Å². The molecule has 1 aliphatic heterocycles. The number of hydrogen-bond donors (Lipinski definition) is 1. The Morgan fingerprint density at radius 2 is 2.00 bits per heavy atom. The van der Waals surface area contributed by atoms with E-state index in [2.05, 4.69) is 10.2 Å². The van der Waals surface area contributed by atoms with Gasteiger partial charge in [0, 0.05) is 43.0 Å². The molecular formula is C17H25N3O5. The largest absolute Gasteiger partial charge is 0.444 e. The number of benzene rings is 1. The maximum absolute atomic E-state index is 11.9. The molecule has 1 aliphatic rings. The van der Waals surface area contributed by atoms with E-state index in [1.807, 2.05) is 6.92 Å². The number of morpholine rings is 1. The molecule has 0 saturated carbocycles. The van der Waals surface area contributed by atoms with Gasteiger partial charge in [0.15, 0.2) is 0 Å². The summed E-state index contributed by atoms with van der Waals surface area (Å²) in [6.45, 7) is 9.97. The average Bonchev–Trinajstić information content (AvgIpc) is 2.51. The van der Waals surface area contributed by atoms with E-state index < -0.39 is 16.6 Å². The first-order chi connectivity index (χ1) is 11.7. The van der Waals surface area contributed by atoms with Crippen LogP contribution >= 0.6 is 0 Å². The Kier molecular flexibility index (Phi) is 5.84. The molecular weight excluding hydrogens is 326 g/mol. The first-order valence-electron chi connectivity index (χ1n) is 8.25. The highest BCUT2D eigenvalue weighted by molar-refractivity contribution is 5.69. The van der Waals surface area contributed by atoms with Crippen LogP contribution in [0.15, 0.2) is 12.1 Å². The van der Waals surface area contributed by atoms with Crippen LogP contribution in [0.4, 0.5) is 16.2 Å². The highest BCUT2D eigenvalue weighted by Gasteiger charge is 2.22. The maximum Gasteiger partial charge on any atom is 0.407 e. The molecule has 1 aromatic rings. The molecule has 8 heteroatoms. The van der Waals surface area contributed by atoms with Crippen LogP contribution in [0.3, 0.4) is 0 Å². The Labute approximate surface area is 147 Å². The smallest absolute Gasteiger partial charge is 0.407 e. The van der Waals surface area contributed by atoms with Crippen LogP contribution in [-0.2, 0) is 16.0 Å². The van der Waals surface area contributed by atoms with Gasteiger partial charge in [-0.05, 0) is 33.3 Å². The Morgan fingerprint density at radius 3 is 2.56 bits per heavy atom. The van der Waals surface area contributed by atoms with E-state index in [1.54, 1.807) is 26.8 Å². The fourth-order valence-electron chi connectivity index (χ4n) is 2.79. The minimum absolute atomic E-state index is 0.00972. The molecule has 2 rings (SSSR count). The molecule has 0 unspecified atom stereocenters. The van der Waals surface area contributed by atoms with E-state index >= 15 is 0 Å². The van der Waals surface area contributed by atoms with Crippen molar-refractivity contribution in [2.24, 2.45) is 0 Å². The number of nitrogens with one attached hydrogen (secondary N) is 1. The molecule has 0 radical (unpaired) electrons. The third-order valence-corrected chi connectivity index (χ3v) is 3.72. The van der Waals surface area contributed by atoms with E-state index in [9.17, 15) is 14.9 Å². The molecule has 1 fully saturated rings. The highest BCUT2D eigenvalue weighted by Crippen LogP contribution is 2.30. The molecule has 0 aromatic heterocycles. The summed E-state index contributed by atoms with van der Waals surface area (Å²) in [4.78, 5) is 24.8. The Bertz CT molecular complexity index is 648. The normalized spacial score (nSPS) is 15.0. The summed E-state index contributed by atoms with van der Waals surface area (Å²) < 4.78 is 10.6. The molecule has 0 spiro atoms. The summed E-state index contributed by atoms with van der Waals surface area (Å²) in [5, 5.41) is 13.9. The van der Waals surface area contributed by atoms with Gasteiger partial charge >= 0.3 is 6.09 Å². The fraction of sp³-hybridized carbons (Fsp3) is 0.588. The Hall–Kier alpha value is -2.35. The molecule has 8 nitrogen and oxygen atoms in total. The lowest BCUT2D eigenvalue weighted by molar-refractivity contribution is -0.385. The zero-order valence-corrected chi connectivity index (χ0v) is 15.1. The second-order valence-corrected chi connectivity index (χ2v) is 6.98. The van der Waals surface area contributed by atoms with Crippen molar-refractivity contribution in [2.45, 2.75) is 39.8 Å². The number of amides is 1. The number of ether oxygens (including phenoxy) is 2. The van der Waals surface area contributed by atoms with Crippen LogP contribution in [0.25, 0.3) is 0 Å². The van der Waals surface area contributed by atoms with Gasteiger partial charge in [0.1, 0.15) is 5.60 Å². The molecule has 0 aliphatic carbocycles. The van der Waals surface area contributed by atoms with Gasteiger partial charge in [0.05, 0.1) is 18.1 Å². The van der Waals surface area contributed by atoms with Crippen LogP contribution in [0, 0.1) is 17.0 Å². The molecule has 0 bridgehead atoms. The minimum Gasteiger partial charge on any atom is -0.444 e. The van der Waals surface area contributed by atoms with Gasteiger partial charge in [-0.15, -0.1) is 0 Å². The van der Waals surface area contributed by atoms with E-state index in [0.29, 0.717) is 31.9 Å². The quantitative estimate of drug-likeness (QED) is 0.662. The number of non-ortho nitro benzene ring substituents is 1. The van der Waals surface area contributed by atoms with Crippen molar-refractivity contribution in [3.8, 4) is 0 Å². The first-order valence-corrected chi connectivity index (χ1v) is 8.25. The lowest BCUT2D eigenvalue weighted by Crippen LogP contribution is -2.38. The number of alkyl carbamates (subject to hydrolysis) is 1. The van der Waals surface area contributed by atoms with Crippen molar-refractivity contribution in [1.82, 2.24) is 5.32 Å². The predicted molar refractivity (Wildman–Crippen MR) is 93.9 cm³/mol. The SMILES string of the molecule is Cc1cc([N+](=O)[O-])cc(CNC(=O)OC(C)(C)C)c1N1CCOCC1. The average molecular weight is 351 g/mol. The van der Waals surface area contributed by atoms with E-state index in [-0.39, 0.29) is 12.2 Å². The van der Waals surface area contributed by atoms with Crippen LogP contribution < -0.4 is 10.2 Å². The molecule has 1 N–H and O–H groups in total. The van der Waals surface area contributed by atoms with Crippen molar-refractivity contribution in [2.75, 3.05) is 31.2 Å². The number of rotatable bonds is 4. The van der Waals surface area contributed by atoms with E-state index in [4.69, 9.17) is 9.47 Å². The fourth-order valence-corrected chi connectivity index (χ4v) is 2.79. The first kappa shape index (κ1) is 19.0. The van der Waals surface area contributed by atoms with Crippen LogP contribution in [0.1, 0.15) is 31.9 Å². The van der Waals surface area contributed by atoms with Crippen molar-refractivity contribution < 1.29 is 19.2 Å². The van der Waals surface area contributed by atoms with E-state index in [1.165, 1.54) is 6.07 Å². The maximum atomic E-state index is 11.9. The number of hydrogen-bond acceptors (Lipinski definition) is 6. The second-order valence-electron chi connectivity index (χ2n) is 6.98. The van der Waals surface area contributed by atoms with Crippen molar-refractivity contribution in [3.63, 3.8) is 0 Å². The Morgan fingerprint density at radius 1 is 1.36 bits per heavy atom. The molecule has 1 amide bonds. The van der Waals surface area contributed by atoms with Gasteiger partial charge in [-0.3, -0.25) is 10.1 Å². The monoisotopic (exact) mass is 351 g/mol. The lowest BCUT2D eigenvalue weighted by Gasteiger charge is -2.32. The zero-order chi connectivity index (χ0) is 18.6. The lowest BCUT2D eigenvalue weighted by atomic mass is 10.0. The summed E-state index contributed by atoms with van der Waals surface area (Å²) in [5.41, 5.74) is 1.81.